The lowest BCUT2D eigenvalue weighted by atomic mass is 9.98. The van der Waals surface area contributed by atoms with Crippen LogP contribution < -0.4 is 21.0 Å². The second kappa shape index (κ2) is 11.6. The molecule has 0 radical (unpaired) electrons. The Hall–Kier alpha value is -2.35. The maximum absolute atomic E-state index is 15.5. The molecule has 1 aromatic carbocycles. The van der Waals surface area contributed by atoms with Gasteiger partial charge >= 0.3 is 19.4 Å². The van der Waals surface area contributed by atoms with Crippen molar-refractivity contribution in [1.29, 1.82) is 0 Å². The number of hydrogen-bond acceptors (Lipinski definition) is 10. The zero-order chi connectivity index (χ0) is 27.5. The quantitative estimate of drug-likeness (QED) is 0.269. The van der Waals surface area contributed by atoms with Crippen molar-refractivity contribution in [3.05, 3.63) is 51.5 Å². The number of anilines is 1. The summed E-state index contributed by atoms with van der Waals surface area (Å²) < 4.78 is 52.5. The van der Waals surface area contributed by atoms with Gasteiger partial charge in [-0.25, -0.2) is 13.8 Å². The van der Waals surface area contributed by atoms with Gasteiger partial charge in [-0.15, -0.1) is 0 Å². The number of methoxy groups -OCH3 is 1. The Balaban J connectivity index is 1.85. The number of carbonyl (C=O) groups excluding carboxylic acids is 1. The van der Waals surface area contributed by atoms with Gasteiger partial charge < -0.3 is 24.8 Å². The van der Waals surface area contributed by atoms with Crippen molar-refractivity contribution in [3.63, 3.8) is 0 Å². The molecule has 0 spiro atoms. The highest BCUT2D eigenvalue weighted by atomic mass is 79.9. The first kappa shape index (κ1) is 29.2. The molecule has 1 aliphatic heterocycles. The Morgan fingerprint density at radius 3 is 2.59 bits per heavy atom. The SMILES string of the molecule is COC(=O)[C@@H](NP(=O)(OC[C@H]1O[C@@H](n2ccc(N)nc2=O)C(C)(F)[C@@H]1O)Oc1ccc(Br)cc1)C(C)C. The van der Waals surface area contributed by atoms with Gasteiger partial charge in [0.15, 0.2) is 11.9 Å². The summed E-state index contributed by atoms with van der Waals surface area (Å²) in [5, 5.41) is 13.2. The summed E-state index contributed by atoms with van der Waals surface area (Å²) >= 11 is 3.29. The van der Waals surface area contributed by atoms with E-state index in [0.29, 0.717) is 0 Å². The molecule has 0 bridgehead atoms. The van der Waals surface area contributed by atoms with E-state index in [1.54, 1.807) is 26.0 Å². The second-order valence-electron chi connectivity index (χ2n) is 8.88. The van der Waals surface area contributed by atoms with Crippen molar-refractivity contribution in [2.75, 3.05) is 19.5 Å². The van der Waals surface area contributed by atoms with E-state index in [-0.39, 0.29) is 17.5 Å². The van der Waals surface area contributed by atoms with E-state index >= 15 is 4.39 Å². The van der Waals surface area contributed by atoms with E-state index in [9.17, 15) is 19.3 Å². The van der Waals surface area contributed by atoms with Crippen LogP contribution in [0.1, 0.15) is 27.0 Å². The molecular weight excluding hydrogens is 578 g/mol. The summed E-state index contributed by atoms with van der Waals surface area (Å²) in [7, 11) is -3.16. The number of halogens is 2. The highest BCUT2D eigenvalue weighted by Gasteiger charge is 2.56. The maximum atomic E-state index is 15.5. The lowest BCUT2D eigenvalue weighted by Crippen LogP contribution is -2.43. The van der Waals surface area contributed by atoms with Crippen molar-refractivity contribution in [2.24, 2.45) is 5.92 Å². The summed E-state index contributed by atoms with van der Waals surface area (Å²) in [6, 6.07) is 6.50. The van der Waals surface area contributed by atoms with E-state index in [4.69, 9.17) is 24.3 Å². The molecule has 37 heavy (non-hydrogen) atoms. The van der Waals surface area contributed by atoms with Crippen LogP contribution >= 0.6 is 23.7 Å². The summed E-state index contributed by atoms with van der Waals surface area (Å²) in [4.78, 5) is 28.1. The minimum atomic E-state index is -4.34. The first-order valence-electron chi connectivity index (χ1n) is 11.2. The summed E-state index contributed by atoms with van der Waals surface area (Å²) in [6.07, 6.45) is -3.54. The Morgan fingerprint density at radius 1 is 1.38 bits per heavy atom. The predicted molar refractivity (Wildman–Crippen MR) is 134 cm³/mol. The van der Waals surface area contributed by atoms with Gasteiger partial charge in [0.1, 0.15) is 29.8 Å². The number of hydrogen-bond donors (Lipinski definition) is 3. The molecule has 1 fully saturated rings. The van der Waals surface area contributed by atoms with Crippen molar-refractivity contribution in [3.8, 4) is 5.75 Å². The largest absolute Gasteiger partial charge is 0.468 e. The number of alkyl halides is 1. The summed E-state index contributed by atoms with van der Waals surface area (Å²) in [5.74, 6) is -1.01. The van der Waals surface area contributed by atoms with Gasteiger partial charge in [0.25, 0.3) is 0 Å². The molecule has 4 N–H and O–H groups in total. The first-order valence-corrected chi connectivity index (χ1v) is 13.5. The van der Waals surface area contributed by atoms with Gasteiger partial charge in [-0.2, -0.15) is 10.1 Å². The van der Waals surface area contributed by atoms with E-state index in [2.05, 4.69) is 26.0 Å². The monoisotopic (exact) mass is 606 g/mol. The third kappa shape index (κ3) is 6.75. The third-order valence-electron chi connectivity index (χ3n) is 5.69. The molecule has 0 amide bonds. The fourth-order valence-corrected chi connectivity index (χ4v) is 5.55. The zero-order valence-electron chi connectivity index (χ0n) is 20.5. The number of nitrogens with zero attached hydrogens (tertiary/aromatic N) is 2. The van der Waals surface area contributed by atoms with E-state index in [1.165, 1.54) is 31.5 Å². The highest BCUT2D eigenvalue weighted by Crippen LogP contribution is 2.48. The molecule has 0 saturated carbocycles. The molecule has 12 nitrogen and oxygen atoms in total. The number of ether oxygens (including phenoxy) is 2. The third-order valence-corrected chi connectivity index (χ3v) is 7.75. The lowest BCUT2D eigenvalue weighted by Gasteiger charge is -2.27. The number of benzene rings is 1. The van der Waals surface area contributed by atoms with Crippen LogP contribution in [0, 0.1) is 5.92 Å². The van der Waals surface area contributed by atoms with Gasteiger partial charge in [0, 0.05) is 10.7 Å². The molecule has 2 heterocycles. The fraction of sp³-hybridized carbons (Fsp3) is 0.500. The number of aromatic nitrogens is 2. The van der Waals surface area contributed by atoms with Crippen LogP contribution in [0.5, 0.6) is 5.75 Å². The van der Waals surface area contributed by atoms with Crippen LogP contribution in [0.3, 0.4) is 0 Å². The summed E-state index contributed by atoms with van der Waals surface area (Å²) in [6.45, 7) is 3.81. The predicted octanol–water partition coefficient (Wildman–Crippen LogP) is 2.57. The maximum Gasteiger partial charge on any atom is 0.459 e. The Morgan fingerprint density at radius 2 is 2.03 bits per heavy atom. The standard InChI is InChI=1S/C22H29BrFN4O8P/c1-12(2)17(19(30)33-4)27-37(32,36-14-7-5-13(23)6-8-14)34-11-15-18(29)22(3,24)20(35-15)28-10-9-16(25)26-21(28)31/h5-10,12,15,17-18,20,29H,11H2,1-4H3,(H,27,32)(H2,25,26,31)/t15-,17+,18-,20-,22?,37?/m1/s1. The van der Waals surface area contributed by atoms with E-state index in [0.717, 1.165) is 16.0 Å². The topological polar surface area (TPSA) is 164 Å². The number of nitrogens with two attached hydrogens (primary N) is 1. The molecule has 2 unspecified atom stereocenters. The molecule has 1 aromatic heterocycles. The van der Waals surface area contributed by atoms with Crippen LogP contribution in [0.25, 0.3) is 0 Å². The average molecular weight is 607 g/mol. The van der Waals surface area contributed by atoms with Crippen LogP contribution in [-0.4, -0.2) is 58.3 Å². The molecule has 3 rings (SSSR count). The second-order valence-corrected chi connectivity index (χ2v) is 11.5. The van der Waals surface area contributed by atoms with Crippen molar-refractivity contribution >= 4 is 35.5 Å². The van der Waals surface area contributed by atoms with Crippen molar-refractivity contribution in [1.82, 2.24) is 14.6 Å². The summed E-state index contributed by atoms with van der Waals surface area (Å²) in [5.41, 5.74) is 2.16. The molecule has 0 aliphatic carbocycles. The minimum Gasteiger partial charge on any atom is -0.468 e. The molecule has 6 atom stereocenters. The Labute approximate surface area is 221 Å². The van der Waals surface area contributed by atoms with Crippen LogP contribution in [0.4, 0.5) is 10.2 Å². The highest BCUT2D eigenvalue weighted by molar-refractivity contribution is 9.10. The Bertz CT molecular complexity index is 1210. The molecule has 1 saturated heterocycles. The first-order chi connectivity index (χ1) is 17.3. The number of aliphatic hydroxyl groups excluding tert-OH is 1. The van der Waals surface area contributed by atoms with Gasteiger partial charge in [-0.05, 0) is 43.2 Å². The number of carbonyl (C=O) groups is 1. The lowest BCUT2D eigenvalue weighted by molar-refractivity contribution is -0.143. The van der Waals surface area contributed by atoms with Crippen molar-refractivity contribution in [2.45, 2.75) is 50.9 Å². The number of nitrogen functional groups attached to an aromatic ring is 1. The normalized spacial score (nSPS) is 26.0. The molecule has 15 heteroatoms. The smallest absolute Gasteiger partial charge is 0.459 e. The van der Waals surface area contributed by atoms with Crippen LogP contribution in [0.15, 0.2) is 45.8 Å². The Kier molecular flexibility index (Phi) is 9.14. The van der Waals surface area contributed by atoms with Gasteiger partial charge in [0.2, 0.25) is 0 Å². The molecule has 2 aromatic rings. The van der Waals surface area contributed by atoms with Crippen LogP contribution in [0.2, 0.25) is 0 Å². The number of esters is 1. The minimum absolute atomic E-state index is 0.0670. The zero-order valence-corrected chi connectivity index (χ0v) is 23.0. The van der Waals surface area contributed by atoms with Gasteiger partial charge in [0.05, 0.1) is 13.7 Å². The molecular formula is C22H29BrFN4O8P. The fourth-order valence-electron chi connectivity index (χ4n) is 3.62. The average Bonchev–Trinajstić information content (AvgIpc) is 3.06. The number of rotatable bonds is 10. The number of aliphatic hydroxyl groups is 1. The van der Waals surface area contributed by atoms with E-state index in [1.807, 2.05) is 0 Å². The molecule has 204 valence electrons. The van der Waals surface area contributed by atoms with Crippen LogP contribution in [-0.2, 0) is 23.4 Å². The van der Waals surface area contributed by atoms with Gasteiger partial charge in [-0.3, -0.25) is 13.9 Å². The van der Waals surface area contributed by atoms with E-state index < -0.39 is 56.2 Å². The molecule has 1 aliphatic rings. The van der Waals surface area contributed by atoms with Crippen molar-refractivity contribution < 1.29 is 37.4 Å². The van der Waals surface area contributed by atoms with Gasteiger partial charge in [-0.1, -0.05) is 29.8 Å². The number of nitrogens with one attached hydrogen (secondary N) is 1.